The Morgan fingerprint density at radius 2 is 1.82 bits per heavy atom. The minimum absolute atomic E-state index is 0.0949. The van der Waals surface area contributed by atoms with Crippen molar-refractivity contribution in [3.05, 3.63) is 64.2 Å². The number of anilines is 1. The summed E-state index contributed by atoms with van der Waals surface area (Å²) in [5.74, 6) is 0. The average molecular weight is 295 g/mol. The topological polar surface area (TPSA) is 58.7 Å². The molecule has 1 saturated heterocycles. The molecule has 5 heteroatoms. The fraction of sp³-hybridized carbons (Fsp3) is 0.235. The summed E-state index contributed by atoms with van der Waals surface area (Å²) in [6.45, 7) is 1.98. The molecule has 0 saturated carbocycles. The van der Waals surface area contributed by atoms with Gasteiger partial charge in [0.05, 0.1) is 10.6 Å². The van der Waals surface area contributed by atoms with E-state index >= 15 is 0 Å². The van der Waals surface area contributed by atoms with Gasteiger partial charge in [0.1, 0.15) is 0 Å². The van der Waals surface area contributed by atoms with Crippen LogP contribution in [-0.2, 0) is 0 Å². The zero-order valence-corrected chi connectivity index (χ0v) is 12.2. The van der Waals surface area contributed by atoms with Crippen molar-refractivity contribution in [2.24, 2.45) is 4.99 Å². The Hall–Kier alpha value is -2.69. The second-order valence-corrected chi connectivity index (χ2v) is 5.29. The van der Waals surface area contributed by atoms with Gasteiger partial charge in [-0.3, -0.25) is 15.1 Å². The van der Waals surface area contributed by atoms with Crippen molar-refractivity contribution in [1.82, 2.24) is 0 Å². The molecule has 0 radical (unpaired) electrons. The fourth-order valence-electron chi connectivity index (χ4n) is 2.66. The lowest BCUT2D eigenvalue weighted by atomic mass is 10.1. The van der Waals surface area contributed by atoms with Crippen molar-refractivity contribution in [2.45, 2.75) is 12.8 Å². The van der Waals surface area contributed by atoms with Crippen LogP contribution in [0.5, 0.6) is 0 Å². The standard InChI is InChI=1S/C17H17N3O2/c21-20(22)16-8-9-17(19-10-4-5-11-19)14(12-16)13-18-15-6-2-1-3-7-15/h1-3,6-9,12-13H,4-5,10-11H2. The zero-order chi connectivity index (χ0) is 15.4. The van der Waals surface area contributed by atoms with Crippen LogP contribution in [0.4, 0.5) is 17.1 Å². The number of nitrogens with zero attached hydrogens (tertiary/aromatic N) is 3. The molecule has 0 aromatic heterocycles. The Balaban J connectivity index is 1.96. The van der Waals surface area contributed by atoms with Crippen LogP contribution in [-0.4, -0.2) is 24.2 Å². The molecule has 2 aromatic rings. The van der Waals surface area contributed by atoms with Gasteiger partial charge in [-0.1, -0.05) is 18.2 Å². The van der Waals surface area contributed by atoms with E-state index in [-0.39, 0.29) is 10.6 Å². The van der Waals surface area contributed by atoms with Crippen molar-refractivity contribution >= 4 is 23.3 Å². The zero-order valence-electron chi connectivity index (χ0n) is 12.2. The van der Waals surface area contributed by atoms with Gasteiger partial charge in [-0.25, -0.2) is 0 Å². The highest BCUT2D eigenvalue weighted by atomic mass is 16.6. The fourth-order valence-corrected chi connectivity index (χ4v) is 2.66. The molecule has 5 nitrogen and oxygen atoms in total. The average Bonchev–Trinajstić information content (AvgIpc) is 3.08. The molecule has 3 rings (SSSR count). The second-order valence-electron chi connectivity index (χ2n) is 5.29. The van der Waals surface area contributed by atoms with Gasteiger partial charge in [0, 0.05) is 42.7 Å². The minimum atomic E-state index is -0.367. The number of nitro benzene ring substituents is 1. The molecule has 0 bridgehead atoms. The molecular weight excluding hydrogens is 278 g/mol. The third kappa shape index (κ3) is 3.14. The summed E-state index contributed by atoms with van der Waals surface area (Å²) in [7, 11) is 0. The van der Waals surface area contributed by atoms with E-state index in [1.807, 2.05) is 36.4 Å². The molecule has 0 N–H and O–H groups in total. The number of benzene rings is 2. The lowest BCUT2D eigenvalue weighted by Crippen LogP contribution is -2.19. The largest absolute Gasteiger partial charge is 0.371 e. The first kappa shape index (κ1) is 14.3. The van der Waals surface area contributed by atoms with Gasteiger partial charge in [0.2, 0.25) is 0 Å². The number of para-hydroxylation sites is 1. The van der Waals surface area contributed by atoms with E-state index in [2.05, 4.69) is 9.89 Å². The van der Waals surface area contributed by atoms with Crippen molar-refractivity contribution < 1.29 is 4.92 Å². The Morgan fingerprint density at radius 1 is 1.09 bits per heavy atom. The summed E-state index contributed by atoms with van der Waals surface area (Å²) in [5, 5.41) is 11.0. The summed E-state index contributed by atoms with van der Waals surface area (Å²) < 4.78 is 0. The van der Waals surface area contributed by atoms with Gasteiger partial charge < -0.3 is 4.90 Å². The Bertz CT molecular complexity index is 692. The normalized spacial score (nSPS) is 14.6. The molecule has 22 heavy (non-hydrogen) atoms. The van der Waals surface area contributed by atoms with Gasteiger partial charge in [-0.2, -0.15) is 0 Å². The van der Waals surface area contributed by atoms with Crippen molar-refractivity contribution in [2.75, 3.05) is 18.0 Å². The molecule has 112 valence electrons. The SMILES string of the molecule is O=[N+]([O-])c1ccc(N2CCCC2)c(C=Nc2ccccc2)c1. The summed E-state index contributed by atoms with van der Waals surface area (Å²) in [5.41, 5.74) is 2.74. The third-order valence-electron chi connectivity index (χ3n) is 3.78. The van der Waals surface area contributed by atoms with Crippen LogP contribution < -0.4 is 4.90 Å². The third-order valence-corrected chi connectivity index (χ3v) is 3.78. The first-order valence-electron chi connectivity index (χ1n) is 7.36. The van der Waals surface area contributed by atoms with Crippen LogP contribution in [0.15, 0.2) is 53.5 Å². The smallest absolute Gasteiger partial charge is 0.270 e. The number of non-ortho nitro benzene ring substituents is 1. The molecule has 2 aromatic carbocycles. The van der Waals surface area contributed by atoms with Crippen LogP contribution >= 0.6 is 0 Å². The molecule has 1 aliphatic rings. The molecule has 0 atom stereocenters. The maximum absolute atomic E-state index is 11.0. The minimum Gasteiger partial charge on any atom is -0.371 e. The summed E-state index contributed by atoms with van der Waals surface area (Å²) in [6.07, 6.45) is 4.04. The molecule has 0 spiro atoms. The highest BCUT2D eigenvalue weighted by molar-refractivity contribution is 5.90. The van der Waals surface area contributed by atoms with E-state index in [0.29, 0.717) is 0 Å². The van der Waals surface area contributed by atoms with Crippen LogP contribution in [0.1, 0.15) is 18.4 Å². The highest BCUT2D eigenvalue weighted by Crippen LogP contribution is 2.27. The molecular formula is C17H17N3O2. The number of hydrogen-bond donors (Lipinski definition) is 0. The lowest BCUT2D eigenvalue weighted by molar-refractivity contribution is -0.384. The van der Waals surface area contributed by atoms with E-state index in [9.17, 15) is 10.1 Å². The predicted octanol–water partition coefficient (Wildman–Crippen LogP) is 3.95. The Kier molecular flexibility index (Phi) is 4.14. The van der Waals surface area contributed by atoms with E-state index in [0.717, 1.165) is 42.9 Å². The number of hydrogen-bond acceptors (Lipinski definition) is 4. The molecule has 1 fully saturated rings. The monoisotopic (exact) mass is 295 g/mol. The first-order chi connectivity index (χ1) is 10.7. The molecule has 1 heterocycles. The molecule has 0 amide bonds. The summed E-state index contributed by atoms with van der Waals surface area (Å²) in [4.78, 5) is 17.3. The maximum atomic E-state index is 11.0. The lowest BCUT2D eigenvalue weighted by Gasteiger charge is -2.19. The van der Waals surface area contributed by atoms with Crippen molar-refractivity contribution in [1.29, 1.82) is 0 Å². The van der Waals surface area contributed by atoms with Crippen LogP contribution in [0.2, 0.25) is 0 Å². The number of rotatable bonds is 4. The van der Waals surface area contributed by atoms with Crippen LogP contribution in [0, 0.1) is 10.1 Å². The predicted molar refractivity (Wildman–Crippen MR) is 88.2 cm³/mol. The first-order valence-corrected chi connectivity index (χ1v) is 7.36. The van der Waals surface area contributed by atoms with E-state index in [1.165, 1.54) is 0 Å². The van der Waals surface area contributed by atoms with E-state index in [1.54, 1.807) is 18.3 Å². The number of nitro groups is 1. The quantitative estimate of drug-likeness (QED) is 0.487. The van der Waals surface area contributed by atoms with Gasteiger partial charge in [-0.05, 0) is 31.0 Å². The van der Waals surface area contributed by atoms with Gasteiger partial charge in [0.25, 0.3) is 5.69 Å². The molecule has 0 unspecified atom stereocenters. The van der Waals surface area contributed by atoms with Gasteiger partial charge in [-0.15, -0.1) is 0 Å². The number of aliphatic imine (C=N–C) groups is 1. The maximum Gasteiger partial charge on any atom is 0.270 e. The van der Waals surface area contributed by atoms with Crippen LogP contribution in [0.25, 0.3) is 0 Å². The second kappa shape index (κ2) is 6.39. The Morgan fingerprint density at radius 3 is 2.50 bits per heavy atom. The summed E-state index contributed by atoms with van der Waals surface area (Å²) in [6, 6.07) is 14.6. The molecule has 0 aliphatic carbocycles. The summed E-state index contributed by atoms with van der Waals surface area (Å²) >= 11 is 0. The van der Waals surface area contributed by atoms with Crippen molar-refractivity contribution in [3.63, 3.8) is 0 Å². The van der Waals surface area contributed by atoms with Gasteiger partial charge in [0.15, 0.2) is 0 Å². The highest BCUT2D eigenvalue weighted by Gasteiger charge is 2.17. The van der Waals surface area contributed by atoms with Crippen LogP contribution in [0.3, 0.4) is 0 Å². The van der Waals surface area contributed by atoms with Gasteiger partial charge >= 0.3 is 0 Å². The van der Waals surface area contributed by atoms with E-state index < -0.39 is 0 Å². The Labute approximate surface area is 129 Å². The molecule has 1 aliphatic heterocycles. The van der Waals surface area contributed by atoms with E-state index in [4.69, 9.17) is 0 Å². The van der Waals surface area contributed by atoms with Crippen molar-refractivity contribution in [3.8, 4) is 0 Å².